The summed E-state index contributed by atoms with van der Waals surface area (Å²) in [5.74, 6) is 0.148. The molecule has 0 fully saturated rings. The van der Waals surface area contributed by atoms with Gasteiger partial charge in [-0.3, -0.25) is 0 Å². The first kappa shape index (κ1) is 25.9. The van der Waals surface area contributed by atoms with E-state index in [-0.39, 0.29) is 18.2 Å². The maximum atomic E-state index is 13.8. The Morgan fingerprint density at radius 2 is 1.39 bits per heavy atom. The van der Waals surface area contributed by atoms with Gasteiger partial charge in [0.2, 0.25) is 0 Å². The Morgan fingerprint density at radius 1 is 0.737 bits per heavy atom. The molecular weight excluding hydrogens is 484 g/mol. The van der Waals surface area contributed by atoms with Gasteiger partial charge in [-0.2, -0.15) is 0 Å². The third kappa shape index (κ3) is 6.21. The predicted molar refractivity (Wildman–Crippen MR) is 144 cm³/mol. The monoisotopic (exact) mass is 515 g/mol. The molecule has 0 aromatic heterocycles. The lowest BCUT2D eigenvalue weighted by atomic mass is 9.87. The zero-order valence-electron chi connectivity index (χ0n) is 21.5. The molecule has 1 N–H and O–H groups in total. The van der Waals surface area contributed by atoms with E-state index >= 15 is 0 Å². The minimum atomic E-state index is -0.710. The predicted octanol–water partition coefficient (Wildman–Crippen LogP) is 7.59. The molecule has 5 rings (SSSR count). The van der Waals surface area contributed by atoms with Gasteiger partial charge in [0.15, 0.2) is 0 Å². The van der Waals surface area contributed by atoms with Crippen LogP contribution in [0.1, 0.15) is 42.2 Å². The molecule has 0 saturated carbocycles. The van der Waals surface area contributed by atoms with Crippen molar-refractivity contribution < 1.29 is 23.0 Å². The molecule has 1 aliphatic heterocycles. The summed E-state index contributed by atoms with van der Waals surface area (Å²) in [6, 6.07) is 28.7. The van der Waals surface area contributed by atoms with Crippen LogP contribution in [0.4, 0.5) is 14.5 Å². The second-order valence-corrected chi connectivity index (χ2v) is 10.0. The van der Waals surface area contributed by atoms with Crippen LogP contribution in [0.5, 0.6) is 5.75 Å². The Bertz CT molecular complexity index is 1380. The smallest absolute Gasteiger partial charge is 0.132 e. The zero-order chi connectivity index (χ0) is 26.5. The Morgan fingerprint density at radius 3 is 2.13 bits per heavy atom. The summed E-state index contributed by atoms with van der Waals surface area (Å²) < 4.78 is 46.8. The molecule has 6 heteroatoms. The summed E-state index contributed by atoms with van der Waals surface area (Å²) in [6.07, 6.45) is -0.918. The van der Waals surface area contributed by atoms with Gasteiger partial charge in [0, 0.05) is 17.8 Å². The van der Waals surface area contributed by atoms with E-state index in [1.54, 1.807) is 12.1 Å². The Balaban J connectivity index is 1.42. The highest BCUT2D eigenvalue weighted by Gasteiger charge is 2.45. The van der Waals surface area contributed by atoms with Gasteiger partial charge in [-0.1, -0.05) is 54.6 Å². The van der Waals surface area contributed by atoms with Gasteiger partial charge >= 0.3 is 0 Å². The molecule has 4 aromatic carbocycles. The number of halogens is 2. The lowest BCUT2D eigenvalue weighted by Crippen LogP contribution is -2.50. The van der Waals surface area contributed by atoms with Gasteiger partial charge < -0.3 is 19.5 Å². The maximum absolute atomic E-state index is 13.8. The molecule has 1 heterocycles. The number of anilines is 1. The summed E-state index contributed by atoms with van der Waals surface area (Å²) in [5, 5.41) is 3.37. The van der Waals surface area contributed by atoms with Crippen molar-refractivity contribution in [2.24, 2.45) is 0 Å². The highest BCUT2D eigenvalue weighted by atomic mass is 19.1. The van der Waals surface area contributed by atoms with Crippen molar-refractivity contribution in [2.45, 2.75) is 51.4 Å². The second-order valence-electron chi connectivity index (χ2n) is 10.0. The topological polar surface area (TPSA) is 39.7 Å². The van der Waals surface area contributed by atoms with Crippen LogP contribution < -0.4 is 10.1 Å². The van der Waals surface area contributed by atoms with Crippen LogP contribution >= 0.6 is 0 Å². The van der Waals surface area contributed by atoms with E-state index in [4.69, 9.17) is 14.2 Å². The quantitative estimate of drug-likeness (QED) is 0.249. The molecule has 0 aliphatic carbocycles. The summed E-state index contributed by atoms with van der Waals surface area (Å²) in [5.41, 5.74) is 3.62. The van der Waals surface area contributed by atoms with Gasteiger partial charge in [-0.25, -0.2) is 8.78 Å². The number of hydrogen-bond donors (Lipinski definition) is 1. The first-order chi connectivity index (χ1) is 18.4. The van der Waals surface area contributed by atoms with E-state index in [2.05, 4.69) is 5.32 Å². The van der Waals surface area contributed by atoms with Crippen LogP contribution in [-0.2, 0) is 29.2 Å². The summed E-state index contributed by atoms with van der Waals surface area (Å²) in [7, 11) is 0. The fraction of sp³-hybridized carbons (Fsp3) is 0.250. The summed E-state index contributed by atoms with van der Waals surface area (Å²) >= 11 is 0. The van der Waals surface area contributed by atoms with Gasteiger partial charge in [-0.15, -0.1) is 0 Å². The van der Waals surface area contributed by atoms with E-state index < -0.39 is 17.8 Å². The van der Waals surface area contributed by atoms with Crippen molar-refractivity contribution in [1.82, 2.24) is 0 Å². The van der Waals surface area contributed by atoms with Gasteiger partial charge in [0.05, 0.1) is 13.2 Å². The molecule has 1 aliphatic rings. The number of ether oxygens (including phenoxy) is 3. The molecule has 4 aromatic rings. The summed E-state index contributed by atoms with van der Waals surface area (Å²) in [6.45, 7) is 5.02. The largest absolute Gasteiger partial charge is 0.485 e. The molecule has 2 unspecified atom stereocenters. The minimum absolute atomic E-state index is 0.216. The molecule has 196 valence electrons. The van der Waals surface area contributed by atoms with Crippen LogP contribution in [-0.4, -0.2) is 11.7 Å². The van der Waals surface area contributed by atoms with Crippen molar-refractivity contribution >= 4 is 5.69 Å². The maximum Gasteiger partial charge on any atom is 0.132 e. The van der Waals surface area contributed by atoms with Crippen LogP contribution in [0, 0.1) is 11.6 Å². The Hall–Kier alpha value is -3.74. The minimum Gasteiger partial charge on any atom is -0.485 e. The Kier molecular flexibility index (Phi) is 7.72. The number of benzene rings is 4. The fourth-order valence-electron chi connectivity index (χ4n) is 4.73. The molecule has 0 radical (unpaired) electrons. The molecule has 0 bridgehead atoms. The molecule has 0 amide bonds. The molecule has 0 spiro atoms. The highest BCUT2D eigenvalue weighted by molar-refractivity contribution is 5.54. The standard InChI is InChI=1S/C32H31F2NO3/c1-32(2)31(37-21-24-11-7-13-26(34)17-24)30(36-20-22-8-4-3-5-9-22)28-18-27(14-15-29(28)38-32)35-19-23-10-6-12-25(33)16-23/h3-18,30-31,35H,19-21H2,1-2H3. The van der Waals surface area contributed by atoms with E-state index in [9.17, 15) is 8.78 Å². The average molecular weight is 516 g/mol. The van der Waals surface area contributed by atoms with Crippen LogP contribution in [0.25, 0.3) is 0 Å². The van der Waals surface area contributed by atoms with Crippen LogP contribution in [0.15, 0.2) is 97.1 Å². The molecule has 4 nitrogen and oxygen atoms in total. The third-order valence-corrected chi connectivity index (χ3v) is 6.63. The number of rotatable bonds is 9. The van der Waals surface area contributed by atoms with Crippen LogP contribution in [0.2, 0.25) is 0 Å². The first-order valence-corrected chi connectivity index (χ1v) is 12.7. The number of nitrogens with one attached hydrogen (secondary N) is 1. The van der Waals surface area contributed by atoms with E-state index in [0.29, 0.717) is 13.2 Å². The first-order valence-electron chi connectivity index (χ1n) is 12.7. The van der Waals surface area contributed by atoms with Crippen molar-refractivity contribution in [3.8, 4) is 5.75 Å². The van der Waals surface area contributed by atoms with Crippen molar-refractivity contribution in [1.29, 1.82) is 0 Å². The average Bonchev–Trinajstić information content (AvgIpc) is 2.90. The van der Waals surface area contributed by atoms with Crippen molar-refractivity contribution in [3.05, 3.63) is 131 Å². The van der Waals surface area contributed by atoms with Crippen LogP contribution in [0.3, 0.4) is 0 Å². The normalized spacial score (nSPS) is 17.9. The van der Waals surface area contributed by atoms with Gasteiger partial charge in [0.25, 0.3) is 0 Å². The third-order valence-electron chi connectivity index (χ3n) is 6.63. The van der Waals surface area contributed by atoms with E-state index in [0.717, 1.165) is 33.7 Å². The number of fused-ring (bicyclic) bond motifs is 1. The van der Waals surface area contributed by atoms with E-state index in [1.165, 1.54) is 24.3 Å². The number of hydrogen-bond acceptors (Lipinski definition) is 4. The fourth-order valence-corrected chi connectivity index (χ4v) is 4.73. The van der Waals surface area contributed by atoms with Gasteiger partial charge in [-0.05, 0) is 73.0 Å². The SMILES string of the molecule is CC1(C)Oc2ccc(NCc3cccc(F)c3)cc2C(OCc2ccccc2)C1OCc1cccc(F)c1. The van der Waals surface area contributed by atoms with Crippen molar-refractivity contribution in [2.75, 3.05) is 5.32 Å². The van der Waals surface area contributed by atoms with Crippen molar-refractivity contribution in [3.63, 3.8) is 0 Å². The lowest BCUT2D eigenvalue weighted by molar-refractivity contribution is -0.170. The summed E-state index contributed by atoms with van der Waals surface area (Å²) in [4.78, 5) is 0. The highest BCUT2D eigenvalue weighted by Crippen LogP contribution is 2.45. The molecule has 38 heavy (non-hydrogen) atoms. The zero-order valence-corrected chi connectivity index (χ0v) is 21.5. The molecule has 0 saturated heterocycles. The molecular formula is C32H31F2NO3. The van der Waals surface area contributed by atoms with Gasteiger partial charge in [0.1, 0.15) is 35.2 Å². The Labute approximate surface area is 222 Å². The lowest BCUT2D eigenvalue weighted by Gasteiger charge is -2.44. The second kappa shape index (κ2) is 11.3. The molecule has 2 atom stereocenters. The van der Waals surface area contributed by atoms with E-state index in [1.807, 2.05) is 74.5 Å².